The van der Waals surface area contributed by atoms with Crippen molar-refractivity contribution in [3.8, 4) is 0 Å². The SMILES string of the molecule is C=CCn1c(CCNC(=O)/C=C/C)nc2ccccc21. The van der Waals surface area contributed by atoms with Gasteiger partial charge in [-0.3, -0.25) is 4.79 Å². The summed E-state index contributed by atoms with van der Waals surface area (Å²) >= 11 is 0. The lowest BCUT2D eigenvalue weighted by Crippen LogP contribution is -2.24. The van der Waals surface area contributed by atoms with Crippen molar-refractivity contribution >= 4 is 16.9 Å². The lowest BCUT2D eigenvalue weighted by atomic mass is 10.3. The standard InChI is InChI=1S/C16H19N3O/c1-3-7-16(20)17-11-10-15-18-13-8-5-6-9-14(13)19(15)12-4-2/h3-9H,2,10-12H2,1H3,(H,17,20)/b7-3+. The van der Waals surface area contributed by atoms with Crippen molar-refractivity contribution < 1.29 is 4.79 Å². The zero-order valence-electron chi connectivity index (χ0n) is 11.7. The van der Waals surface area contributed by atoms with Gasteiger partial charge in [0.1, 0.15) is 5.82 Å². The number of amides is 1. The van der Waals surface area contributed by atoms with E-state index in [1.165, 1.54) is 6.08 Å². The molecular formula is C16H19N3O. The third-order valence-electron chi connectivity index (χ3n) is 3.01. The average molecular weight is 269 g/mol. The normalized spacial score (nSPS) is 11.1. The van der Waals surface area contributed by atoms with Crippen LogP contribution in [0, 0.1) is 0 Å². The Morgan fingerprint density at radius 2 is 2.25 bits per heavy atom. The molecule has 0 aliphatic heterocycles. The predicted octanol–water partition coefficient (Wildman–Crippen LogP) is 2.46. The van der Waals surface area contributed by atoms with E-state index in [2.05, 4.69) is 21.4 Å². The Balaban J connectivity index is 2.14. The largest absolute Gasteiger partial charge is 0.352 e. The molecule has 0 radical (unpaired) electrons. The molecule has 0 spiro atoms. The number of allylic oxidation sites excluding steroid dienone is 2. The molecule has 0 fully saturated rings. The number of nitrogens with one attached hydrogen (secondary N) is 1. The molecule has 2 rings (SSSR count). The van der Waals surface area contributed by atoms with Crippen LogP contribution < -0.4 is 5.32 Å². The Morgan fingerprint density at radius 3 is 3.00 bits per heavy atom. The maximum absolute atomic E-state index is 11.4. The fraction of sp³-hybridized carbons (Fsp3) is 0.250. The number of hydrogen-bond acceptors (Lipinski definition) is 2. The van der Waals surface area contributed by atoms with E-state index in [0.717, 1.165) is 23.4 Å². The number of para-hydroxylation sites is 2. The van der Waals surface area contributed by atoms with E-state index in [1.807, 2.05) is 37.3 Å². The van der Waals surface area contributed by atoms with E-state index in [9.17, 15) is 4.79 Å². The van der Waals surface area contributed by atoms with Gasteiger partial charge in [0.25, 0.3) is 0 Å². The molecule has 4 heteroatoms. The van der Waals surface area contributed by atoms with Gasteiger partial charge in [-0.05, 0) is 25.1 Å². The van der Waals surface area contributed by atoms with E-state index in [1.54, 1.807) is 6.08 Å². The van der Waals surface area contributed by atoms with Gasteiger partial charge in [0.05, 0.1) is 11.0 Å². The Hall–Kier alpha value is -2.36. The molecule has 1 N–H and O–H groups in total. The van der Waals surface area contributed by atoms with E-state index >= 15 is 0 Å². The van der Waals surface area contributed by atoms with Gasteiger partial charge in [-0.2, -0.15) is 0 Å². The molecule has 0 saturated heterocycles. The van der Waals surface area contributed by atoms with Gasteiger partial charge in [-0.15, -0.1) is 6.58 Å². The molecule has 1 amide bonds. The van der Waals surface area contributed by atoms with Crippen LogP contribution >= 0.6 is 0 Å². The number of imidazole rings is 1. The zero-order valence-corrected chi connectivity index (χ0v) is 11.7. The number of nitrogens with zero attached hydrogens (tertiary/aromatic N) is 2. The highest BCUT2D eigenvalue weighted by Crippen LogP contribution is 2.16. The number of carbonyl (C=O) groups is 1. The summed E-state index contributed by atoms with van der Waals surface area (Å²) in [5.74, 6) is 0.894. The Bertz CT molecular complexity index is 640. The van der Waals surface area contributed by atoms with Crippen molar-refractivity contribution in [2.75, 3.05) is 6.54 Å². The van der Waals surface area contributed by atoms with Crippen LogP contribution in [0.1, 0.15) is 12.7 Å². The quantitative estimate of drug-likeness (QED) is 0.647. The van der Waals surface area contributed by atoms with Crippen molar-refractivity contribution in [2.45, 2.75) is 19.9 Å². The molecular weight excluding hydrogens is 250 g/mol. The molecule has 0 aliphatic rings. The summed E-state index contributed by atoms with van der Waals surface area (Å²) in [6.45, 7) is 6.91. The lowest BCUT2D eigenvalue weighted by Gasteiger charge is -2.06. The number of hydrogen-bond donors (Lipinski definition) is 1. The van der Waals surface area contributed by atoms with Gasteiger partial charge >= 0.3 is 0 Å². The van der Waals surface area contributed by atoms with E-state index in [0.29, 0.717) is 13.0 Å². The average Bonchev–Trinajstić information content (AvgIpc) is 2.78. The zero-order chi connectivity index (χ0) is 14.4. The summed E-state index contributed by atoms with van der Waals surface area (Å²) in [6.07, 6.45) is 5.80. The van der Waals surface area contributed by atoms with E-state index in [-0.39, 0.29) is 5.91 Å². The van der Waals surface area contributed by atoms with Gasteiger partial charge in [0.15, 0.2) is 0 Å². The Labute approximate surface area is 118 Å². The van der Waals surface area contributed by atoms with Gasteiger partial charge in [0, 0.05) is 19.5 Å². The number of aromatic nitrogens is 2. The first-order chi connectivity index (χ1) is 9.76. The minimum atomic E-state index is -0.0705. The summed E-state index contributed by atoms with van der Waals surface area (Å²) < 4.78 is 2.13. The molecule has 0 atom stereocenters. The lowest BCUT2D eigenvalue weighted by molar-refractivity contribution is -0.116. The van der Waals surface area contributed by atoms with Gasteiger partial charge in [-0.25, -0.2) is 4.98 Å². The van der Waals surface area contributed by atoms with Gasteiger partial charge < -0.3 is 9.88 Å². The first-order valence-electron chi connectivity index (χ1n) is 6.72. The fourth-order valence-electron chi connectivity index (χ4n) is 2.16. The van der Waals surface area contributed by atoms with Crippen LogP contribution in [-0.4, -0.2) is 22.0 Å². The highest BCUT2D eigenvalue weighted by Gasteiger charge is 2.09. The van der Waals surface area contributed by atoms with Crippen LogP contribution in [0.4, 0.5) is 0 Å². The molecule has 0 aliphatic carbocycles. The molecule has 2 aromatic rings. The van der Waals surface area contributed by atoms with Crippen LogP contribution in [0.15, 0.2) is 49.1 Å². The minimum Gasteiger partial charge on any atom is -0.352 e. The van der Waals surface area contributed by atoms with Gasteiger partial charge in [-0.1, -0.05) is 24.3 Å². The van der Waals surface area contributed by atoms with Crippen molar-refractivity contribution in [1.82, 2.24) is 14.9 Å². The molecule has 0 saturated carbocycles. The maximum atomic E-state index is 11.4. The fourth-order valence-corrected chi connectivity index (χ4v) is 2.16. The smallest absolute Gasteiger partial charge is 0.243 e. The molecule has 20 heavy (non-hydrogen) atoms. The van der Waals surface area contributed by atoms with E-state index in [4.69, 9.17) is 0 Å². The van der Waals surface area contributed by atoms with Crippen molar-refractivity contribution in [3.05, 3.63) is 54.9 Å². The second-order valence-electron chi connectivity index (χ2n) is 4.46. The highest BCUT2D eigenvalue weighted by atomic mass is 16.1. The first kappa shape index (κ1) is 14.1. The first-order valence-corrected chi connectivity index (χ1v) is 6.72. The minimum absolute atomic E-state index is 0.0705. The second kappa shape index (κ2) is 6.70. The third kappa shape index (κ3) is 3.15. The number of fused-ring (bicyclic) bond motifs is 1. The van der Waals surface area contributed by atoms with Crippen LogP contribution in [0.25, 0.3) is 11.0 Å². The maximum Gasteiger partial charge on any atom is 0.243 e. The molecule has 1 aromatic carbocycles. The van der Waals surface area contributed by atoms with Crippen LogP contribution in [0.2, 0.25) is 0 Å². The molecule has 104 valence electrons. The molecule has 0 bridgehead atoms. The van der Waals surface area contributed by atoms with Crippen molar-refractivity contribution in [1.29, 1.82) is 0 Å². The van der Waals surface area contributed by atoms with Crippen LogP contribution in [-0.2, 0) is 17.8 Å². The molecule has 1 heterocycles. The summed E-state index contributed by atoms with van der Waals surface area (Å²) in [6, 6.07) is 8.02. The third-order valence-corrected chi connectivity index (χ3v) is 3.01. The Morgan fingerprint density at radius 1 is 1.45 bits per heavy atom. The molecule has 4 nitrogen and oxygen atoms in total. The number of carbonyl (C=O) groups excluding carboxylic acids is 1. The van der Waals surface area contributed by atoms with E-state index < -0.39 is 0 Å². The highest BCUT2D eigenvalue weighted by molar-refractivity contribution is 5.87. The second-order valence-corrected chi connectivity index (χ2v) is 4.46. The summed E-state index contributed by atoms with van der Waals surface area (Å²) in [5.41, 5.74) is 2.08. The van der Waals surface area contributed by atoms with Crippen LogP contribution in [0.5, 0.6) is 0 Å². The number of benzene rings is 1. The summed E-state index contributed by atoms with van der Waals surface area (Å²) in [7, 11) is 0. The Kier molecular flexibility index (Phi) is 4.71. The summed E-state index contributed by atoms with van der Waals surface area (Å²) in [5, 5.41) is 2.84. The number of rotatable bonds is 6. The summed E-state index contributed by atoms with van der Waals surface area (Å²) in [4.78, 5) is 16.0. The topological polar surface area (TPSA) is 46.9 Å². The van der Waals surface area contributed by atoms with Gasteiger partial charge in [0.2, 0.25) is 5.91 Å². The molecule has 1 aromatic heterocycles. The molecule has 0 unspecified atom stereocenters. The van der Waals surface area contributed by atoms with Crippen LogP contribution in [0.3, 0.4) is 0 Å². The van der Waals surface area contributed by atoms with Crippen molar-refractivity contribution in [3.63, 3.8) is 0 Å². The monoisotopic (exact) mass is 269 g/mol. The van der Waals surface area contributed by atoms with Crippen molar-refractivity contribution in [2.24, 2.45) is 0 Å². The predicted molar refractivity (Wildman–Crippen MR) is 81.5 cm³/mol.